The number of carbonyl (C=O) groups excluding carboxylic acids is 2. The second-order valence-corrected chi connectivity index (χ2v) is 4.26. The summed E-state index contributed by atoms with van der Waals surface area (Å²) in [7, 11) is 0. The van der Waals surface area contributed by atoms with Crippen molar-refractivity contribution in [3.8, 4) is 0 Å². The maximum atomic E-state index is 11.9. The molecule has 1 heterocycles. The Morgan fingerprint density at radius 2 is 1.85 bits per heavy atom. The number of amides is 2. The molecule has 0 radical (unpaired) electrons. The van der Waals surface area contributed by atoms with Gasteiger partial charge in [0, 0.05) is 24.4 Å². The predicted octanol–water partition coefficient (Wildman–Crippen LogP) is 1.97. The zero-order valence-electron chi connectivity index (χ0n) is 11.1. The van der Waals surface area contributed by atoms with Gasteiger partial charge in [0.15, 0.2) is 0 Å². The van der Waals surface area contributed by atoms with Crippen molar-refractivity contribution in [1.29, 1.82) is 0 Å². The number of carbonyl (C=O) groups is 2. The highest BCUT2D eigenvalue weighted by molar-refractivity contribution is 5.95. The fraction of sp³-hybridized carbons (Fsp3) is 0.133. The second-order valence-electron chi connectivity index (χ2n) is 4.26. The first-order valence-electron chi connectivity index (χ1n) is 6.21. The smallest absolute Gasteiger partial charge is 0.251 e. The molecule has 0 bridgehead atoms. The summed E-state index contributed by atoms with van der Waals surface area (Å²) in [6, 6.07) is 12.3. The molecule has 2 rings (SSSR count). The minimum atomic E-state index is -0.176. The summed E-state index contributed by atoms with van der Waals surface area (Å²) in [6.07, 6.45) is 1.68. The Balaban J connectivity index is 1.94. The van der Waals surface area contributed by atoms with Gasteiger partial charge in [0.1, 0.15) is 0 Å². The molecule has 20 heavy (non-hydrogen) atoms. The third kappa shape index (κ3) is 3.91. The number of pyridine rings is 1. The van der Waals surface area contributed by atoms with Crippen LogP contribution in [0.3, 0.4) is 0 Å². The Labute approximate surface area is 117 Å². The Morgan fingerprint density at radius 3 is 2.45 bits per heavy atom. The summed E-state index contributed by atoms with van der Waals surface area (Å²) in [6.45, 7) is 1.82. The van der Waals surface area contributed by atoms with Crippen LogP contribution in [-0.2, 0) is 11.3 Å². The minimum Gasteiger partial charge on any atom is -0.346 e. The molecule has 2 amide bonds. The van der Waals surface area contributed by atoms with E-state index < -0.39 is 0 Å². The standard InChI is InChI=1S/C15H15N3O2/c1-11(19)18-13-7-5-12(6-8-13)15(20)17-10-14-4-2-3-9-16-14/h2-9H,10H2,1H3,(H,17,20)(H,18,19). The highest BCUT2D eigenvalue weighted by Crippen LogP contribution is 2.09. The van der Waals surface area contributed by atoms with Gasteiger partial charge < -0.3 is 10.6 Å². The van der Waals surface area contributed by atoms with Crippen LogP contribution in [0.4, 0.5) is 5.69 Å². The molecule has 5 heteroatoms. The van der Waals surface area contributed by atoms with Crippen LogP contribution in [0.1, 0.15) is 23.0 Å². The number of benzene rings is 1. The van der Waals surface area contributed by atoms with Gasteiger partial charge in [-0.25, -0.2) is 0 Å². The van der Waals surface area contributed by atoms with Crippen LogP contribution < -0.4 is 10.6 Å². The molecule has 0 spiro atoms. The van der Waals surface area contributed by atoms with Crippen molar-refractivity contribution in [2.75, 3.05) is 5.32 Å². The van der Waals surface area contributed by atoms with Gasteiger partial charge >= 0.3 is 0 Å². The zero-order valence-corrected chi connectivity index (χ0v) is 11.1. The highest BCUT2D eigenvalue weighted by atomic mass is 16.2. The largest absolute Gasteiger partial charge is 0.346 e. The predicted molar refractivity (Wildman–Crippen MR) is 76.2 cm³/mol. The van der Waals surface area contributed by atoms with E-state index in [2.05, 4.69) is 15.6 Å². The SMILES string of the molecule is CC(=O)Nc1ccc(C(=O)NCc2ccccn2)cc1. The van der Waals surface area contributed by atoms with Crippen molar-refractivity contribution in [3.63, 3.8) is 0 Å². The molecule has 0 saturated heterocycles. The fourth-order valence-corrected chi connectivity index (χ4v) is 1.68. The molecule has 2 aromatic rings. The van der Waals surface area contributed by atoms with Crippen molar-refractivity contribution in [1.82, 2.24) is 10.3 Å². The maximum Gasteiger partial charge on any atom is 0.251 e. The molecule has 0 aliphatic heterocycles. The molecule has 0 aliphatic carbocycles. The first-order valence-corrected chi connectivity index (χ1v) is 6.21. The van der Waals surface area contributed by atoms with Crippen LogP contribution in [0.15, 0.2) is 48.7 Å². The number of hydrogen-bond acceptors (Lipinski definition) is 3. The summed E-state index contributed by atoms with van der Waals surface area (Å²) in [5.41, 5.74) is 2.00. The second kappa shape index (κ2) is 6.47. The quantitative estimate of drug-likeness (QED) is 0.891. The molecule has 102 valence electrons. The Kier molecular flexibility index (Phi) is 4.44. The number of hydrogen-bond donors (Lipinski definition) is 2. The maximum absolute atomic E-state index is 11.9. The molecule has 0 fully saturated rings. The Hall–Kier alpha value is -2.69. The van der Waals surface area contributed by atoms with Gasteiger partial charge in [0.2, 0.25) is 5.91 Å². The van der Waals surface area contributed by atoms with E-state index in [9.17, 15) is 9.59 Å². The van der Waals surface area contributed by atoms with Gasteiger partial charge in [-0.3, -0.25) is 14.6 Å². The molecule has 1 aromatic heterocycles. The molecule has 2 N–H and O–H groups in total. The summed E-state index contributed by atoms with van der Waals surface area (Å²) in [5, 5.41) is 5.43. The van der Waals surface area contributed by atoms with Gasteiger partial charge in [-0.2, -0.15) is 0 Å². The first kappa shape index (κ1) is 13.7. The van der Waals surface area contributed by atoms with Gasteiger partial charge in [0.05, 0.1) is 12.2 Å². The van der Waals surface area contributed by atoms with E-state index in [0.717, 1.165) is 5.69 Å². The lowest BCUT2D eigenvalue weighted by atomic mass is 10.2. The average Bonchev–Trinajstić information content (AvgIpc) is 2.46. The van der Waals surface area contributed by atoms with E-state index in [-0.39, 0.29) is 11.8 Å². The third-order valence-electron chi connectivity index (χ3n) is 2.62. The summed E-state index contributed by atoms with van der Waals surface area (Å²) >= 11 is 0. The van der Waals surface area contributed by atoms with Gasteiger partial charge in [-0.05, 0) is 36.4 Å². The topological polar surface area (TPSA) is 71.1 Å². The Bertz CT molecular complexity index is 594. The van der Waals surface area contributed by atoms with Crippen molar-refractivity contribution < 1.29 is 9.59 Å². The van der Waals surface area contributed by atoms with E-state index in [1.54, 1.807) is 30.5 Å². The fourth-order valence-electron chi connectivity index (χ4n) is 1.68. The van der Waals surface area contributed by atoms with Gasteiger partial charge in [0.25, 0.3) is 5.91 Å². The molecule has 1 aromatic carbocycles. The van der Waals surface area contributed by atoms with E-state index in [1.807, 2.05) is 18.2 Å². The van der Waals surface area contributed by atoms with E-state index in [0.29, 0.717) is 17.8 Å². The normalized spacial score (nSPS) is 9.85. The number of rotatable bonds is 4. The summed E-state index contributed by atoms with van der Waals surface area (Å²) in [4.78, 5) is 26.9. The van der Waals surface area contributed by atoms with E-state index in [4.69, 9.17) is 0 Å². The lowest BCUT2D eigenvalue weighted by molar-refractivity contribution is -0.114. The van der Waals surface area contributed by atoms with Crippen LogP contribution in [0.2, 0.25) is 0 Å². The van der Waals surface area contributed by atoms with E-state index in [1.165, 1.54) is 6.92 Å². The molecule has 0 aliphatic rings. The Morgan fingerprint density at radius 1 is 1.10 bits per heavy atom. The van der Waals surface area contributed by atoms with Gasteiger partial charge in [-0.1, -0.05) is 6.07 Å². The van der Waals surface area contributed by atoms with E-state index >= 15 is 0 Å². The molecule has 0 unspecified atom stereocenters. The van der Waals surface area contributed by atoms with Crippen LogP contribution in [0.5, 0.6) is 0 Å². The summed E-state index contributed by atoms with van der Waals surface area (Å²) < 4.78 is 0. The number of aromatic nitrogens is 1. The van der Waals surface area contributed by atoms with Crippen LogP contribution in [-0.4, -0.2) is 16.8 Å². The molecule has 0 saturated carbocycles. The summed E-state index contributed by atoms with van der Waals surface area (Å²) in [5.74, 6) is -0.317. The van der Waals surface area contributed by atoms with Crippen LogP contribution in [0.25, 0.3) is 0 Å². The van der Waals surface area contributed by atoms with Crippen molar-refractivity contribution in [2.24, 2.45) is 0 Å². The monoisotopic (exact) mass is 269 g/mol. The van der Waals surface area contributed by atoms with Gasteiger partial charge in [-0.15, -0.1) is 0 Å². The molecular weight excluding hydrogens is 254 g/mol. The minimum absolute atomic E-state index is 0.141. The molecular formula is C15H15N3O2. The lowest BCUT2D eigenvalue weighted by Gasteiger charge is -2.06. The first-order chi connectivity index (χ1) is 9.65. The van der Waals surface area contributed by atoms with Crippen LogP contribution in [0, 0.1) is 0 Å². The van der Waals surface area contributed by atoms with Crippen molar-refractivity contribution in [2.45, 2.75) is 13.5 Å². The highest BCUT2D eigenvalue weighted by Gasteiger charge is 2.05. The number of anilines is 1. The lowest BCUT2D eigenvalue weighted by Crippen LogP contribution is -2.23. The van der Waals surface area contributed by atoms with Crippen LogP contribution >= 0.6 is 0 Å². The van der Waals surface area contributed by atoms with Crippen molar-refractivity contribution >= 4 is 17.5 Å². The number of nitrogens with one attached hydrogen (secondary N) is 2. The number of nitrogens with zero attached hydrogens (tertiary/aromatic N) is 1. The van der Waals surface area contributed by atoms with Crippen molar-refractivity contribution in [3.05, 3.63) is 59.9 Å². The molecule has 5 nitrogen and oxygen atoms in total. The molecule has 0 atom stereocenters. The zero-order chi connectivity index (χ0) is 14.4. The third-order valence-corrected chi connectivity index (χ3v) is 2.62. The average molecular weight is 269 g/mol.